The largest absolute Gasteiger partial charge is 0.303 e. The minimum Gasteiger partial charge on any atom is -0.303 e. The zero-order valence-electron chi connectivity index (χ0n) is 17.2. The van der Waals surface area contributed by atoms with Gasteiger partial charge < -0.3 is 9.69 Å². The second kappa shape index (κ2) is 10.1. The van der Waals surface area contributed by atoms with Crippen LogP contribution in [0.4, 0.5) is 0 Å². The molecule has 4 heteroatoms. The fraction of sp³-hybridized carbons (Fsp3) is 0.773. The van der Waals surface area contributed by atoms with Gasteiger partial charge in [-0.2, -0.15) is 0 Å². The van der Waals surface area contributed by atoms with Crippen LogP contribution >= 0.6 is 0 Å². The first kappa shape index (κ1) is 21.0. The summed E-state index contributed by atoms with van der Waals surface area (Å²) >= 11 is 0. The molecular weight excluding hydrogens is 322 g/mol. The van der Waals surface area contributed by atoms with E-state index in [1.165, 1.54) is 63.6 Å². The van der Waals surface area contributed by atoms with Gasteiger partial charge >= 0.3 is 0 Å². The van der Waals surface area contributed by atoms with Crippen molar-refractivity contribution in [1.29, 1.82) is 0 Å². The lowest BCUT2D eigenvalue weighted by atomic mass is 9.53. The van der Waals surface area contributed by atoms with E-state index in [0.717, 1.165) is 23.6 Å². The lowest BCUT2D eigenvalue weighted by molar-refractivity contribution is -0.107. The average Bonchev–Trinajstić information content (AvgIpc) is 2.63. The van der Waals surface area contributed by atoms with Crippen LogP contribution in [0.1, 0.15) is 89.4 Å². The van der Waals surface area contributed by atoms with Gasteiger partial charge in [0.05, 0.1) is 0 Å². The van der Waals surface area contributed by atoms with E-state index < -0.39 is 0 Å². The van der Waals surface area contributed by atoms with Crippen molar-refractivity contribution in [3.05, 3.63) is 23.8 Å². The van der Waals surface area contributed by atoms with Gasteiger partial charge in [-0.05, 0) is 75.4 Å². The highest BCUT2D eigenvalue weighted by molar-refractivity contribution is 5.48. The molecule has 146 valence electrons. The summed E-state index contributed by atoms with van der Waals surface area (Å²) in [6.45, 7) is 10.3. The summed E-state index contributed by atoms with van der Waals surface area (Å²) in [6.07, 6.45) is 15.7. The van der Waals surface area contributed by atoms with Crippen LogP contribution in [0.3, 0.4) is 0 Å². The summed E-state index contributed by atoms with van der Waals surface area (Å²) in [5.41, 5.74) is 2.16. The molecule has 3 aliphatic rings. The van der Waals surface area contributed by atoms with Gasteiger partial charge in [0.2, 0.25) is 0 Å². The number of aryl methyl sites for hydroxylation is 1. The number of rotatable bonds is 3. The number of hydrogen-bond acceptors (Lipinski definition) is 4. The van der Waals surface area contributed by atoms with Crippen LogP contribution in [0.5, 0.6) is 0 Å². The molecule has 1 aliphatic heterocycles. The molecule has 0 radical (unpaired) electrons. The molecular formula is C22H37N3O. The first-order chi connectivity index (χ1) is 12.7. The van der Waals surface area contributed by atoms with E-state index in [4.69, 9.17) is 0 Å². The Balaban J connectivity index is 0.000000361. The van der Waals surface area contributed by atoms with Gasteiger partial charge in [-0.3, -0.25) is 0 Å². The maximum Gasteiger partial charge on any atom is 0.125 e. The molecule has 0 aromatic carbocycles. The van der Waals surface area contributed by atoms with Crippen molar-refractivity contribution in [2.24, 2.45) is 5.41 Å². The van der Waals surface area contributed by atoms with Gasteiger partial charge in [-0.15, -0.1) is 0 Å². The maximum absolute atomic E-state index is 9.17. The molecule has 4 rings (SSSR count). The van der Waals surface area contributed by atoms with E-state index in [0.29, 0.717) is 12.3 Å². The van der Waals surface area contributed by atoms with Crippen LogP contribution in [-0.2, 0) is 4.79 Å². The number of aromatic nitrogens is 2. The fourth-order valence-electron chi connectivity index (χ4n) is 4.49. The van der Waals surface area contributed by atoms with Crippen molar-refractivity contribution in [2.45, 2.75) is 91.0 Å². The number of aldehydes is 1. The van der Waals surface area contributed by atoms with Gasteiger partial charge in [0.15, 0.2) is 0 Å². The third kappa shape index (κ3) is 5.12. The van der Waals surface area contributed by atoms with Crippen molar-refractivity contribution in [3.63, 3.8) is 0 Å². The molecule has 1 aromatic rings. The summed E-state index contributed by atoms with van der Waals surface area (Å²) in [5.74, 6) is 1.57. The number of hydrogen-bond donors (Lipinski definition) is 0. The standard InChI is InChI=1S/C17H25N3.C3H6O.C2H6/c1-13-18-11-15(12-19-13)14-3-7-20(8-4-14)16-9-17(10-16)5-2-6-17;1-2-3-4;1-2/h11-12,14,16H,2-10H2,1H3;3H,2H2,1H3;1-2H3. The van der Waals surface area contributed by atoms with Crippen LogP contribution in [0.25, 0.3) is 0 Å². The van der Waals surface area contributed by atoms with Crippen LogP contribution in [-0.4, -0.2) is 40.3 Å². The Hall–Kier alpha value is -1.29. The molecule has 1 spiro atoms. The minimum absolute atomic E-state index is 0.639. The number of carbonyl (C=O) groups is 1. The Morgan fingerprint density at radius 3 is 2.12 bits per heavy atom. The highest BCUT2D eigenvalue weighted by Crippen LogP contribution is 2.57. The van der Waals surface area contributed by atoms with E-state index in [1.807, 2.05) is 40.1 Å². The van der Waals surface area contributed by atoms with Gasteiger partial charge in [0.25, 0.3) is 0 Å². The molecule has 26 heavy (non-hydrogen) atoms. The topological polar surface area (TPSA) is 46.1 Å². The quantitative estimate of drug-likeness (QED) is 0.719. The molecule has 1 aromatic heterocycles. The minimum atomic E-state index is 0.639. The first-order valence-corrected chi connectivity index (χ1v) is 10.6. The molecule has 2 saturated carbocycles. The monoisotopic (exact) mass is 359 g/mol. The number of carbonyl (C=O) groups excluding carboxylic acids is 1. The van der Waals surface area contributed by atoms with Gasteiger partial charge in [-0.1, -0.05) is 27.2 Å². The third-order valence-electron chi connectivity index (χ3n) is 6.24. The van der Waals surface area contributed by atoms with Gasteiger partial charge in [0.1, 0.15) is 12.1 Å². The molecule has 0 amide bonds. The average molecular weight is 360 g/mol. The van der Waals surface area contributed by atoms with Gasteiger partial charge in [0, 0.05) is 24.9 Å². The molecule has 0 bridgehead atoms. The van der Waals surface area contributed by atoms with Crippen molar-refractivity contribution in [3.8, 4) is 0 Å². The predicted molar refractivity (Wildman–Crippen MR) is 107 cm³/mol. The second-order valence-corrected chi connectivity index (χ2v) is 7.86. The number of piperidine rings is 1. The lowest BCUT2D eigenvalue weighted by Gasteiger charge is -2.58. The second-order valence-electron chi connectivity index (χ2n) is 7.86. The van der Waals surface area contributed by atoms with E-state index in [-0.39, 0.29) is 0 Å². The maximum atomic E-state index is 9.17. The lowest BCUT2D eigenvalue weighted by Crippen LogP contribution is -2.55. The molecule has 4 nitrogen and oxygen atoms in total. The Morgan fingerprint density at radius 2 is 1.69 bits per heavy atom. The SMILES string of the molecule is CC.CCC=O.Cc1ncc(C2CCN(C3CC4(CCC4)C3)CC2)cn1. The highest BCUT2D eigenvalue weighted by Gasteiger charge is 2.50. The normalized spacial score (nSPS) is 22.2. The smallest absolute Gasteiger partial charge is 0.125 e. The number of nitrogens with zero attached hydrogens (tertiary/aromatic N) is 3. The Morgan fingerprint density at radius 1 is 1.15 bits per heavy atom. The molecule has 2 heterocycles. The molecule has 1 saturated heterocycles. The zero-order valence-corrected chi connectivity index (χ0v) is 17.2. The van der Waals surface area contributed by atoms with Crippen molar-refractivity contribution >= 4 is 6.29 Å². The summed E-state index contributed by atoms with van der Waals surface area (Å²) in [7, 11) is 0. The van der Waals surface area contributed by atoms with Crippen LogP contribution in [0, 0.1) is 12.3 Å². The van der Waals surface area contributed by atoms with E-state index in [9.17, 15) is 4.79 Å². The van der Waals surface area contributed by atoms with E-state index in [2.05, 4.69) is 14.9 Å². The summed E-state index contributed by atoms with van der Waals surface area (Å²) < 4.78 is 0. The zero-order chi connectivity index (χ0) is 19.0. The summed E-state index contributed by atoms with van der Waals surface area (Å²) in [4.78, 5) is 20.6. The van der Waals surface area contributed by atoms with Crippen LogP contribution in [0.15, 0.2) is 12.4 Å². The molecule has 0 N–H and O–H groups in total. The number of likely N-dealkylation sites (tertiary alicyclic amines) is 1. The van der Waals surface area contributed by atoms with E-state index >= 15 is 0 Å². The molecule has 0 atom stereocenters. The fourth-order valence-corrected chi connectivity index (χ4v) is 4.49. The third-order valence-corrected chi connectivity index (χ3v) is 6.24. The van der Waals surface area contributed by atoms with Crippen molar-refractivity contribution < 1.29 is 4.79 Å². The van der Waals surface area contributed by atoms with Crippen LogP contribution in [0.2, 0.25) is 0 Å². The predicted octanol–water partition coefficient (Wildman–Crippen LogP) is 4.92. The molecule has 0 unspecified atom stereocenters. The Labute approximate surface area is 159 Å². The summed E-state index contributed by atoms with van der Waals surface area (Å²) in [5, 5.41) is 0. The Kier molecular flexibility index (Phi) is 8.20. The van der Waals surface area contributed by atoms with E-state index in [1.54, 1.807) is 0 Å². The van der Waals surface area contributed by atoms with Crippen molar-refractivity contribution in [2.75, 3.05) is 13.1 Å². The van der Waals surface area contributed by atoms with Crippen molar-refractivity contribution in [1.82, 2.24) is 14.9 Å². The molecule has 3 fully saturated rings. The first-order valence-electron chi connectivity index (χ1n) is 10.6. The Bertz CT molecular complexity index is 523. The van der Waals surface area contributed by atoms with Crippen LogP contribution < -0.4 is 0 Å². The molecule has 2 aliphatic carbocycles. The summed E-state index contributed by atoms with van der Waals surface area (Å²) in [6, 6.07) is 0.908. The van der Waals surface area contributed by atoms with Gasteiger partial charge in [-0.25, -0.2) is 9.97 Å². The highest BCUT2D eigenvalue weighted by atomic mass is 16.1.